The molecule has 0 spiro atoms. The zero-order chi connectivity index (χ0) is 13.0. The molecule has 4 nitrogen and oxygen atoms in total. The molecule has 18 heavy (non-hydrogen) atoms. The number of nitrogens with zero attached hydrogens (tertiary/aromatic N) is 2. The number of hydrogen-bond acceptors (Lipinski definition) is 4. The number of benzene rings is 1. The van der Waals surface area contributed by atoms with E-state index in [-0.39, 0.29) is 0 Å². The summed E-state index contributed by atoms with van der Waals surface area (Å²) in [5.74, 6) is 1.82. The van der Waals surface area contributed by atoms with Crippen LogP contribution in [0.1, 0.15) is 12.5 Å². The van der Waals surface area contributed by atoms with Gasteiger partial charge in [-0.2, -0.15) is 4.98 Å². The van der Waals surface area contributed by atoms with Crippen LogP contribution in [0.3, 0.4) is 0 Å². The summed E-state index contributed by atoms with van der Waals surface area (Å²) in [6.45, 7) is 4.80. The molecule has 0 saturated carbocycles. The van der Waals surface area contributed by atoms with E-state index in [1.54, 1.807) is 12.3 Å². The van der Waals surface area contributed by atoms with Crippen molar-refractivity contribution < 1.29 is 4.74 Å². The number of ether oxygens (including phenoxy) is 1. The van der Waals surface area contributed by atoms with Crippen LogP contribution in [-0.4, -0.2) is 16.5 Å². The minimum Gasteiger partial charge on any atom is -0.438 e. The second kappa shape index (κ2) is 5.82. The van der Waals surface area contributed by atoms with Gasteiger partial charge in [0, 0.05) is 18.8 Å². The van der Waals surface area contributed by atoms with Gasteiger partial charge >= 0.3 is 0 Å². The van der Waals surface area contributed by atoms with Crippen molar-refractivity contribution in [1.82, 2.24) is 9.97 Å². The van der Waals surface area contributed by atoms with Crippen LogP contribution in [0.5, 0.6) is 11.6 Å². The first-order valence-electron chi connectivity index (χ1n) is 5.70. The van der Waals surface area contributed by atoms with Crippen molar-refractivity contribution in [2.75, 3.05) is 11.9 Å². The molecular formula is C13H14BrN3O. The van der Waals surface area contributed by atoms with Gasteiger partial charge in [0.15, 0.2) is 0 Å². The lowest BCUT2D eigenvalue weighted by atomic mass is 10.2. The summed E-state index contributed by atoms with van der Waals surface area (Å²) in [5, 5.41) is 3.04. The molecular weight excluding hydrogens is 294 g/mol. The zero-order valence-corrected chi connectivity index (χ0v) is 11.9. The highest BCUT2D eigenvalue weighted by Crippen LogP contribution is 2.29. The predicted octanol–water partition coefficient (Wildman–Crippen LogP) is 3.77. The number of anilines is 1. The van der Waals surface area contributed by atoms with E-state index < -0.39 is 0 Å². The molecule has 1 aromatic heterocycles. The van der Waals surface area contributed by atoms with Crippen LogP contribution in [0.4, 0.5) is 5.95 Å². The van der Waals surface area contributed by atoms with Crippen molar-refractivity contribution in [2.24, 2.45) is 0 Å². The molecule has 0 amide bonds. The molecule has 1 heterocycles. The fourth-order valence-electron chi connectivity index (χ4n) is 1.44. The molecule has 0 saturated heterocycles. The van der Waals surface area contributed by atoms with Crippen molar-refractivity contribution in [2.45, 2.75) is 13.8 Å². The van der Waals surface area contributed by atoms with Gasteiger partial charge in [-0.1, -0.05) is 6.07 Å². The van der Waals surface area contributed by atoms with Gasteiger partial charge in [0.05, 0.1) is 4.47 Å². The smallest absolute Gasteiger partial charge is 0.225 e. The number of hydrogen-bond donors (Lipinski definition) is 1. The van der Waals surface area contributed by atoms with Gasteiger partial charge in [-0.3, -0.25) is 0 Å². The summed E-state index contributed by atoms with van der Waals surface area (Å²) < 4.78 is 6.62. The van der Waals surface area contributed by atoms with Crippen LogP contribution in [0, 0.1) is 6.92 Å². The molecule has 1 aromatic carbocycles. The van der Waals surface area contributed by atoms with E-state index >= 15 is 0 Å². The van der Waals surface area contributed by atoms with Crippen molar-refractivity contribution in [1.29, 1.82) is 0 Å². The monoisotopic (exact) mass is 307 g/mol. The summed E-state index contributed by atoms with van der Waals surface area (Å²) in [6.07, 6.45) is 1.67. The highest BCUT2D eigenvalue weighted by atomic mass is 79.9. The number of halogens is 1. The molecule has 0 unspecified atom stereocenters. The second-order valence-electron chi connectivity index (χ2n) is 3.78. The topological polar surface area (TPSA) is 47.0 Å². The molecule has 0 fully saturated rings. The van der Waals surface area contributed by atoms with Gasteiger partial charge in [0.2, 0.25) is 11.8 Å². The van der Waals surface area contributed by atoms with Crippen LogP contribution in [-0.2, 0) is 0 Å². The van der Waals surface area contributed by atoms with Gasteiger partial charge in [0.25, 0.3) is 0 Å². The maximum Gasteiger partial charge on any atom is 0.225 e. The van der Waals surface area contributed by atoms with Gasteiger partial charge in [0.1, 0.15) is 5.75 Å². The fraction of sp³-hybridized carbons (Fsp3) is 0.231. The summed E-state index contributed by atoms with van der Waals surface area (Å²) >= 11 is 3.47. The Morgan fingerprint density at radius 1 is 1.33 bits per heavy atom. The van der Waals surface area contributed by atoms with E-state index in [4.69, 9.17) is 4.74 Å². The molecule has 0 bridgehead atoms. The van der Waals surface area contributed by atoms with E-state index in [0.717, 1.165) is 16.8 Å². The molecule has 5 heteroatoms. The Morgan fingerprint density at radius 3 is 2.89 bits per heavy atom. The quantitative estimate of drug-likeness (QED) is 0.934. The number of aryl methyl sites for hydroxylation is 1. The van der Waals surface area contributed by atoms with Gasteiger partial charge < -0.3 is 10.1 Å². The van der Waals surface area contributed by atoms with Gasteiger partial charge in [-0.05, 0) is 47.5 Å². The largest absolute Gasteiger partial charge is 0.438 e. The third-order valence-corrected chi connectivity index (χ3v) is 2.89. The Morgan fingerprint density at radius 2 is 2.17 bits per heavy atom. The highest BCUT2D eigenvalue weighted by molar-refractivity contribution is 9.10. The van der Waals surface area contributed by atoms with E-state index in [1.165, 1.54) is 5.56 Å². The molecule has 0 radical (unpaired) electrons. The number of nitrogens with one attached hydrogen (secondary N) is 1. The van der Waals surface area contributed by atoms with Crippen molar-refractivity contribution in [3.63, 3.8) is 0 Å². The molecule has 0 aliphatic heterocycles. The summed E-state index contributed by atoms with van der Waals surface area (Å²) in [5.41, 5.74) is 1.17. The zero-order valence-electron chi connectivity index (χ0n) is 10.3. The standard InChI is InChI=1S/C13H14BrN3O/c1-3-15-13-16-7-6-12(17-13)18-11-5-4-9(2)8-10(11)14/h4-8H,3H2,1-2H3,(H,15,16,17). The first-order valence-corrected chi connectivity index (χ1v) is 6.49. The Bertz CT molecular complexity index is 546. The average molecular weight is 308 g/mol. The Labute approximate surface area is 115 Å². The maximum absolute atomic E-state index is 5.71. The second-order valence-corrected chi connectivity index (χ2v) is 4.64. The van der Waals surface area contributed by atoms with Crippen LogP contribution in [0.25, 0.3) is 0 Å². The molecule has 0 atom stereocenters. The average Bonchev–Trinajstić information content (AvgIpc) is 2.34. The maximum atomic E-state index is 5.71. The normalized spacial score (nSPS) is 10.2. The van der Waals surface area contributed by atoms with Crippen LogP contribution < -0.4 is 10.1 Å². The van der Waals surface area contributed by atoms with Crippen LogP contribution in [0.15, 0.2) is 34.9 Å². The molecule has 1 N–H and O–H groups in total. The SMILES string of the molecule is CCNc1nccc(Oc2ccc(C)cc2Br)n1. The summed E-state index contributed by atoms with van der Waals surface area (Å²) in [6, 6.07) is 7.63. The van der Waals surface area contributed by atoms with Crippen LogP contribution in [0.2, 0.25) is 0 Å². The number of aromatic nitrogens is 2. The first-order chi connectivity index (χ1) is 8.69. The molecule has 94 valence electrons. The molecule has 2 aromatic rings. The molecule has 2 rings (SSSR count). The number of rotatable bonds is 4. The lowest BCUT2D eigenvalue weighted by Crippen LogP contribution is -2.02. The first kappa shape index (κ1) is 12.8. The Kier molecular flexibility index (Phi) is 4.15. The van der Waals surface area contributed by atoms with Crippen LogP contribution >= 0.6 is 15.9 Å². The lowest BCUT2D eigenvalue weighted by molar-refractivity contribution is 0.459. The van der Waals surface area contributed by atoms with E-state index in [2.05, 4.69) is 31.2 Å². The van der Waals surface area contributed by atoms with Crippen molar-refractivity contribution in [3.8, 4) is 11.6 Å². The molecule has 0 aliphatic carbocycles. The summed E-state index contributed by atoms with van der Waals surface area (Å²) in [4.78, 5) is 8.35. The predicted molar refractivity (Wildman–Crippen MR) is 75.1 cm³/mol. The van der Waals surface area contributed by atoms with E-state index in [0.29, 0.717) is 11.8 Å². The Balaban J connectivity index is 2.20. The minimum atomic E-state index is 0.519. The third kappa shape index (κ3) is 3.20. The van der Waals surface area contributed by atoms with E-state index in [9.17, 15) is 0 Å². The van der Waals surface area contributed by atoms with Crippen molar-refractivity contribution >= 4 is 21.9 Å². The highest BCUT2D eigenvalue weighted by Gasteiger charge is 2.05. The summed E-state index contributed by atoms with van der Waals surface area (Å²) in [7, 11) is 0. The van der Waals surface area contributed by atoms with E-state index in [1.807, 2.05) is 32.0 Å². The fourth-order valence-corrected chi connectivity index (χ4v) is 2.02. The van der Waals surface area contributed by atoms with Crippen molar-refractivity contribution in [3.05, 3.63) is 40.5 Å². The minimum absolute atomic E-state index is 0.519. The van der Waals surface area contributed by atoms with Gasteiger partial charge in [-0.15, -0.1) is 0 Å². The Hall–Kier alpha value is -1.62. The lowest BCUT2D eigenvalue weighted by Gasteiger charge is -2.08. The third-order valence-electron chi connectivity index (χ3n) is 2.27. The van der Waals surface area contributed by atoms with Gasteiger partial charge in [-0.25, -0.2) is 4.98 Å². The molecule has 0 aliphatic rings.